The second-order valence-corrected chi connectivity index (χ2v) is 11.5. The molecule has 0 bridgehead atoms. The fraction of sp³-hybridized carbons (Fsp3) is 0.333. The van der Waals surface area contributed by atoms with Crippen molar-refractivity contribution in [1.29, 1.82) is 0 Å². The van der Waals surface area contributed by atoms with Crippen molar-refractivity contribution in [3.63, 3.8) is 0 Å². The lowest BCUT2D eigenvalue weighted by molar-refractivity contribution is -0.140. The second-order valence-electron chi connectivity index (χ2n) is 10.1. The van der Waals surface area contributed by atoms with E-state index in [4.69, 9.17) is 11.6 Å². The van der Waals surface area contributed by atoms with Gasteiger partial charge < -0.3 is 10.2 Å². The number of hydrogen-bond acceptors (Lipinski definition) is 3. The molecule has 0 saturated heterocycles. The van der Waals surface area contributed by atoms with Gasteiger partial charge in [0.05, 0.1) is 5.75 Å². The average molecular weight is 541 g/mol. The number of nitrogens with one attached hydrogen (secondary N) is 1. The SMILES string of the molecule is Cc1ccccc1CN(C(=O)CSCc1c(F)cccc1Cl)[C@@H](Cc1ccccc1)C(=O)NC(C)(C)C. The van der Waals surface area contributed by atoms with Crippen LogP contribution in [0.3, 0.4) is 0 Å². The van der Waals surface area contributed by atoms with Crippen molar-refractivity contribution in [3.8, 4) is 0 Å². The number of amides is 2. The van der Waals surface area contributed by atoms with Crippen molar-refractivity contribution >= 4 is 35.2 Å². The van der Waals surface area contributed by atoms with Gasteiger partial charge in [0.15, 0.2) is 0 Å². The predicted molar refractivity (Wildman–Crippen MR) is 151 cm³/mol. The first-order valence-corrected chi connectivity index (χ1v) is 13.8. The van der Waals surface area contributed by atoms with Crippen LogP contribution >= 0.6 is 23.4 Å². The van der Waals surface area contributed by atoms with E-state index >= 15 is 0 Å². The van der Waals surface area contributed by atoms with E-state index in [1.165, 1.54) is 17.8 Å². The van der Waals surface area contributed by atoms with Gasteiger partial charge >= 0.3 is 0 Å². The maximum atomic E-state index is 14.3. The average Bonchev–Trinajstić information content (AvgIpc) is 2.83. The van der Waals surface area contributed by atoms with Crippen LogP contribution in [0.25, 0.3) is 0 Å². The molecule has 3 aromatic carbocycles. The van der Waals surface area contributed by atoms with E-state index in [0.717, 1.165) is 16.7 Å². The minimum atomic E-state index is -0.716. The summed E-state index contributed by atoms with van der Waals surface area (Å²) in [5.41, 5.74) is 2.89. The van der Waals surface area contributed by atoms with Crippen LogP contribution in [0.2, 0.25) is 5.02 Å². The second kappa shape index (κ2) is 13.1. The Morgan fingerprint density at radius 1 is 1.00 bits per heavy atom. The Morgan fingerprint density at radius 2 is 1.68 bits per heavy atom. The third kappa shape index (κ3) is 8.61. The van der Waals surface area contributed by atoms with E-state index in [1.807, 2.05) is 82.3 Å². The molecule has 0 fully saturated rings. The standard InChI is InChI=1S/C30H34ClFN2O2S/c1-21-11-8-9-14-23(21)18-34(28(35)20-37-19-24-25(31)15-10-16-26(24)32)27(29(36)33-30(2,3)4)17-22-12-6-5-7-13-22/h5-16,27H,17-20H2,1-4H3,(H,33,36)/t27-/m0/s1. The molecule has 0 spiro atoms. The van der Waals surface area contributed by atoms with Gasteiger partial charge in [-0.1, -0.05) is 72.3 Å². The summed E-state index contributed by atoms with van der Waals surface area (Å²) < 4.78 is 14.3. The molecule has 1 N–H and O–H groups in total. The first-order valence-electron chi connectivity index (χ1n) is 12.3. The zero-order valence-electron chi connectivity index (χ0n) is 21.8. The van der Waals surface area contributed by atoms with E-state index in [9.17, 15) is 14.0 Å². The maximum absolute atomic E-state index is 14.3. The number of carbonyl (C=O) groups excluding carboxylic acids is 2. The highest BCUT2D eigenvalue weighted by atomic mass is 35.5. The topological polar surface area (TPSA) is 49.4 Å². The Bertz CT molecular complexity index is 1190. The van der Waals surface area contributed by atoms with E-state index in [2.05, 4.69) is 5.32 Å². The fourth-order valence-electron chi connectivity index (χ4n) is 3.97. The van der Waals surface area contributed by atoms with Gasteiger partial charge in [-0.3, -0.25) is 9.59 Å². The predicted octanol–water partition coefficient (Wildman–Crippen LogP) is 6.58. The Balaban J connectivity index is 1.90. The number of carbonyl (C=O) groups is 2. The lowest BCUT2D eigenvalue weighted by Crippen LogP contribution is -2.54. The Kier molecular flexibility index (Phi) is 10.2. The Morgan fingerprint density at radius 3 is 2.32 bits per heavy atom. The number of nitrogens with zero attached hydrogens (tertiary/aromatic N) is 1. The summed E-state index contributed by atoms with van der Waals surface area (Å²) in [6, 6.07) is 21.4. The number of aryl methyl sites for hydroxylation is 1. The molecule has 1 atom stereocenters. The van der Waals surface area contributed by atoms with Gasteiger partial charge in [0.2, 0.25) is 11.8 Å². The third-order valence-corrected chi connectivity index (χ3v) is 7.20. The van der Waals surface area contributed by atoms with Crippen LogP contribution in [-0.2, 0) is 28.3 Å². The highest BCUT2D eigenvalue weighted by Crippen LogP contribution is 2.25. The molecule has 0 aliphatic carbocycles. The van der Waals surface area contributed by atoms with Gasteiger partial charge in [0.25, 0.3) is 0 Å². The summed E-state index contributed by atoms with van der Waals surface area (Å²) >= 11 is 7.46. The molecule has 0 unspecified atom stereocenters. The molecule has 0 aromatic heterocycles. The summed E-state index contributed by atoms with van der Waals surface area (Å²) in [6.45, 7) is 8.06. The van der Waals surface area contributed by atoms with Crippen LogP contribution in [0.15, 0.2) is 72.8 Å². The van der Waals surface area contributed by atoms with Crippen LogP contribution in [0.4, 0.5) is 4.39 Å². The molecule has 0 radical (unpaired) electrons. The molecule has 0 aliphatic heterocycles. The van der Waals surface area contributed by atoms with Crippen LogP contribution in [0.5, 0.6) is 0 Å². The molecule has 0 aliphatic rings. The molecule has 3 aromatic rings. The number of benzene rings is 3. The molecular formula is C30H34ClFN2O2S. The molecule has 0 saturated carbocycles. The first-order chi connectivity index (χ1) is 17.5. The van der Waals surface area contributed by atoms with Gasteiger partial charge in [-0.15, -0.1) is 11.8 Å². The fourth-order valence-corrected chi connectivity index (χ4v) is 5.22. The van der Waals surface area contributed by atoms with Gasteiger partial charge in [-0.2, -0.15) is 0 Å². The quantitative estimate of drug-likeness (QED) is 0.316. The summed E-state index contributed by atoms with van der Waals surface area (Å²) in [7, 11) is 0. The number of rotatable bonds is 10. The van der Waals surface area contributed by atoms with Gasteiger partial charge in [0.1, 0.15) is 11.9 Å². The molecule has 196 valence electrons. The first kappa shape index (κ1) is 28.7. The zero-order valence-corrected chi connectivity index (χ0v) is 23.3. The minimum absolute atomic E-state index is 0.0879. The molecule has 4 nitrogen and oxygen atoms in total. The smallest absolute Gasteiger partial charge is 0.243 e. The highest BCUT2D eigenvalue weighted by molar-refractivity contribution is 7.99. The van der Waals surface area contributed by atoms with Crippen LogP contribution in [0, 0.1) is 12.7 Å². The number of hydrogen-bond donors (Lipinski definition) is 1. The number of halogens is 2. The molecule has 2 amide bonds. The van der Waals surface area contributed by atoms with Gasteiger partial charge in [0, 0.05) is 34.8 Å². The molecule has 0 heterocycles. The lowest BCUT2D eigenvalue weighted by Gasteiger charge is -2.34. The summed E-state index contributed by atoms with van der Waals surface area (Å²) in [6.07, 6.45) is 0.379. The molecule has 3 rings (SSSR count). The normalized spacial score (nSPS) is 12.2. The van der Waals surface area contributed by atoms with Crippen molar-refractivity contribution in [2.75, 3.05) is 5.75 Å². The maximum Gasteiger partial charge on any atom is 0.243 e. The summed E-state index contributed by atoms with van der Waals surface area (Å²) in [5, 5.41) is 3.40. The number of thioether (sulfide) groups is 1. The zero-order chi connectivity index (χ0) is 27.0. The van der Waals surface area contributed by atoms with Crippen molar-refractivity contribution < 1.29 is 14.0 Å². The lowest BCUT2D eigenvalue weighted by atomic mass is 10.00. The van der Waals surface area contributed by atoms with Gasteiger partial charge in [-0.05, 0) is 56.5 Å². The molecule has 37 heavy (non-hydrogen) atoms. The van der Waals surface area contributed by atoms with Crippen LogP contribution < -0.4 is 5.32 Å². The Hall–Kier alpha value is -2.83. The van der Waals surface area contributed by atoms with Crippen LogP contribution in [0.1, 0.15) is 43.0 Å². The van der Waals surface area contributed by atoms with Crippen LogP contribution in [-0.4, -0.2) is 34.0 Å². The Labute approximate surface area is 228 Å². The van der Waals surface area contributed by atoms with Gasteiger partial charge in [-0.25, -0.2) is 4.39 Å². The van der Waals surface area contributed by atoms with E-state index < -0.39 is 17.4 Å². The van der Waals surface area contributed by atoms with E-state index in [1.54, 1.807) is 17.0 Å². The van der Waals surface area contributed by atoms with Crippen molar-refractivity contribution in [3.05, 3.63) is 106 Å². The van der Waals surface area contributed by atoms with E-state index in [0.29, 0.717) is 23.6 Å². The molecule has 7 heteroatoms. The highest BCUT2D eigenvalue weighted by Gasteiger charge is 2.32. The van der Waals surface area contributed by atoms with E-state index in [-0.39, 0.29) is 23.3 Å². The summed E-state index contributed by atoms with van der Waals surface area (Å²) in [4.78, 5) is 29.0. The van der Waals surface area contributed by atoms with Crippen molar-refractivity contribution in [2.45, 2.75) is 58.0 Å². The summed E-state index contributed by atoms with van der Waals surface area (Å²) in [5.74, 6) is -0.445. The van der Waals surface area contributed by atoms with Crippen molar-refractivity contribution in [2.24, 2.45) is 0 Å². The minimum Gasteiger partial charge on any atom is -0.350 e. The monoisotopic (exact) mass is 540 g/mol. The van der Waals surface area contributed by atoms with Crippen molar-refractivity contribution in [1.82, 2.24) is 10.2 Å². The third-order valence-electron chi connectivity index (χ3n) is 5.90. The molecular weight excluding hydrogens is 507 g/mol. The largest absolute Gasteiger partial charge is 0.350 e.